The first-order chi connectivity index (χ1) is 11.7. The molecule has 2 rings (SSSR count). The van der Waals surface area contributed by atoms with Crippen molar-refractivity contribution in [3.05, 3.63) is 53.3 Å². The van der Waals surface area contributed by atoms with Crippen LogP contribution in [0.3, 0.4) is 0 Å². The maximum absolute atomic E-state index is 12.0. The first-order valence-electron chi connectivity index (χ1n) is 7.30. The van der Waals surface area contributed by atoms with Crippen molar-refractivity contribution in [2.45, 2.75) is 6.42 Å². The maximum Gasteiger partial charge on any atom is 0.252 e. The highest BCUT2D eigenvalue weighted by Gasteiger charge is 2.07. The molecule has 1 amide bonds. The lowest BCUT2D eigenvalue weighted by molar-refractivity contribution is 0.0954. The number of pyridine rings is 1. The van der Waals surface area contributed by atoms with Crippen molar-refractivity contribution >= 4 is 12.1 Å². The molecule has 24 heavy (non-hydrogen) atoms. The molecule has 0 aliphatic rings. The quantitative estimate of drug-likeness (QED) is 0.459. The number of oxime groups is 1. The van der Waals surface area contributed by atoms with E-state index in [0.717, 1.165) is 5.56 Å². The fourth-order valence-corrected chi connectivity index (χ4v) is 2.13. The van der Waals surface area contributed by atoms with Gasteiger partial charge < -0.3 is 20.0 Å². The van der Waals surface area contributed by atoms with Crippen LogP contribution in [0, 0.1) is 0 Å². The standard InChI is InChI=1S/C17H19N3O4/c1-23-15-6-3-12(9-16(15)24-2)7-8-18-17(21)13-4-5-14(11-20-22)19-10-13/h3-6,9-11,22H,7-8H2,1-2H3,(H,18,21)/b20-11-. The third-order valence-electron chi connectivity index (χ3n) is 3.39. The number of benzene rings is 1. The number of nitrogens with zero attached hydrogens (tertiary/aromatic N) is 2. The number of hydrogen-bond donors (Lipinski definition) is 2. The highest BCUT2D eigenvalue weighted by atomic mass is 16.5. The van der Waals surface area contributed by atoms with Crippen LogP contribution in [0.1, 0.15) is 21.6 Å². The third kappa shape index (κ3) is 4.45. The van der Waals surface area contributed by atoms with Crippen molar-refractivity contribution in [3.8, 4) is 11.5 Å². The number of hydrogen-bond acceptors (Lipinski definition) is 6. The Hall–Kier alpha value is -3.09. The average Bonchev–Trinajstić information content (AvgIpc) is 2.62. The van der Waals surface area contributed by atoms with Gasteiger partial charge in [-0.1, -0.05) is 11.2 Å². The Kier molecular flexibility index (Phi) is 6.13. The van der Waals surface area contributed by atoms with E-state index in [1.807, 2.05) is 18.2 Å². The van der Waals surface area contributed by atoms with Gasteiger partial charge in [0, 0.05) is 12.7 Å². The molecule has 0 saturated heterocycles. The molecular weight excluding hydrogens is 310 g/mol. The first-order valence-corrected chi connectivity index (χ1v) is 7.30. The SMILES string of the molecule is COc1ccc(CCNC(=O)c2ccc(/C=N\O)nc2)cc1OC. The highest BCUT2D eigenvalue weighted by Crippen LogP contribution is 2.27. The Bertz CT molecular complexity index is 714. The lowest BCUT2D eigenvalue weighted by Gasteiger charge is -2.10. The number of nitrogens with one attached hydrogen (secondary N) is 1. The minimum atomic E-state index is -0.213. The van der Waals surface area contributed by atoms with Crippen LogP contribution in [0.2, 0.25) is 0 Å². The zero-order valence-electron chi connectivity index (χ0n) is 13.5. The smallest absolute Gasteiger partial charge is 0.252 e. The van der Waals surface area contributed by atoms with E-state index in [-0.39, 0.29) is 5.91 Å². The van der Waals surface area contributed by atoms with E-state index >= 15 is 0 Å². The molecule has 0 spiro atoms. The second-order valence-electron chi connectivity index (χ2n) is 4.91. The predicted octanol–water partition coefficient (Wildman–Crippen LogP) is 1.88. The van der Waals surface area contributed by atoms with E-state index in [1.165, 1.54) is 12.4 Å². The Morgan fingerprint density at radius 2 is 2.04 bits per heavy atom. The van der Waals surface area contributed by atoms with Crippen molar-refractivity contribution in [1.29, 1.82) is 0 Å². The zero-order chi connectivity index (χ0) is 17.4. The summed E-state index contributed by atoms with van der Waals surface area (Å²) in [4.78, 5) is 16.0. The number of ether oxygens (including phenoxy) is 2. The molecule has 1 aromatic carbocycles. The van der Waals surface area contributed by atoms with E-state index < -0.39 is 0 Å². The van der Waals surface area contributed by atoms with Gasteiger partial charge in [-0.3, -0.25) is 9.78 Å². The highest BCUT2D eigenvalue weighted by molar-refractivity contribution is 5.94. The molecule has 7 nitrogen and oxygen atoms in total. The minimum Gasteiger partial charge on any atom is -0.493 e. The van der Waals surface area contributed by atoms with E-state index in [1.54, 1.807) is 26.4 Å². The molecule has 0 saturated carbocycles. The number of methoxy groups -OCH3 is 2. The fourth-order valence-electron chi connectivity index (χ4n) is 2.13. The summed E-state index contributed by atoms with van der Waals surface area (Å²) >= 11 is 0. The molecule has 1 aromatic heterocycles. The van der Waals surface area contributed by atoms with E-state index in [4.69, 9.17) is 14.7 Å². The van der Waals surface area contributed by atoms with Crippen LogP contribution in [-0.2, 0) is 6.42 Å². The number of amides is 1. The average molecular weight is 329 g/mol. The van der Waals surface area contributed by atoms with Gasteiger partial charge in [-0.25, -0.2) is 0 Å². The number of rotatable bonds is 7. The summed E-state index contributed by atoms with van der Waals surface area (Å²) in [5.74, 6) is 1.12. The number of carbonyl (C=O) groups excluding carboxylic acids is 1. The minimum absolute atomic E-state index is 0.213. The molecule has 1 heterocycles. The van der Waals surface area contributed by atoms with Gasteiger partial charge in [0.25, 0.3) is 5.91 Å². The van der Waals surface area contributed by atoms with Crippen LogP contribution in [0.15, 0.2) is 41.7 Å². The second kappa shape index (κ2) is 8.52. The second-order valence-corrected chi connectivity index (χ2v) is 4.91. The Morgan fingerprint density at radius 3 is 2.67 bits per heavy atom. The van der Waals surface area contributed by atoms with E-state index in [9.17, 15) is 4.79 Å². The van der Waals surface area contributed by atoms with E-state index in [0.29, 0.717) is 35.7 Å². The van der Waals surface area contributed by atoms with Gasteiger partial charge in [-0.2, -0.15) is 0 Å². The monoisotopic (exact) mass is 329 g/mol. The summed E-state index contributed by atoms with van der Waals surface area (Å²) in [6, 6.07) is 8.87. The molecule has 2 N–H and O–H groups in total. The normalized spacial score (nSPS) is 10.6. The molecular formula is C17H19N3O4. The molecule has 126 valence electrons. The van der Waals surface area contributed by atoms with Crippen LogP contribution in [-0.4, -0.2) is 43.1 Å². The van der Waals surface area contributed by atoms with Gasteiger partial charge in [0.2, 0.25) is 0 Å². The summed E-state index contributed by atoms with van der Waals surface area (Å²) in [6.07, 6.45) is 3.29. The van der Waals surface area contributed by atoms with Crippen molar-refractivity contribution in [1.82, 2.24) is 10.3 Å². The van der Waals surface area contributed by atoms with Crippen molar-refractivity contribution < 1.29 is 19.5 Å². The largest absolute Gasteiger partial charge is 0.493 e. The van der Waals surface area contributed by atoms with Crippen LogP contribution in [0.5, 0.6) is 11.5 Å². The zero-order valence-corrected chi connectivity index (χ0v) is 13.5. The first kappa shape index (κ1) is 17.3. The van der Waals surface area contributed by atoms with Gasteiger partial charge in [0.15, 0.2) is 11.5 Å². The van der Waals surface area contributed by atoms with Crippen LogP contribution >= 0.6 is 0 Å². The molecule has 0 radical (unpaired) electrons. The maximum atomic E-state index is 12.0. The molecule has 0 atom stereocenters. The summed E-state index contributed by atoms with van der Waals surface area (Å²) in [7, 11) is 3.17. The predicted molar refractivity (Wildman–Crippen MR) is 89.2 cm³/mol. The number of aromatic nitrogens is 1. The molecule has 0 unspecified atom stereocenters. The van der Waals surface area contributed by atoms with Crippen molar-refractivity contribution in [2.24, 2.45) is 5.16 Å². The molecule has 0 aliphatic carbocycles. The summed E-state index contributed by atoms with van der Waals surface area (Å²) in [5, 5.41) is 14.1. The molecule has 0 fully saturated rings. The molecule has 7 heteroatoms. The Labute approximate surface area is 139 Å². The van der Waals surface area contributed by atoms with Gasteiger partial charge in [-0.15, -0.1) is 0 Å². The topological polar surface area (TPSA) is 93.0 Å². The van der Waals surface area contributed by atoms with Crippen molar-refractivity contribution in [3.63, 3.8) is 0 Å². The number of carbonyl (C=O) groups is 1. The van der Waals surface area contributed by atoms with Gasteiger partial charge >= 0.3 is 0 Å². The van der Waals surface area contributed by atoms with Gasteiger partial charge in [-0.05, 0) is 36.2 Å². The molecule has 0 bridgehead atoms. The van der Waals surface area contributed by atoms with Crippen molar-refractivity contribution in [2.75, 3.05) is 20.8 Å². The lowest BCUT2D eigenvalue weighted by atomic mass is 10.1. The Morgan fingerprint density at radius 1 is 1.25 bits per heavy atom. The summed E-state index contributed by atoms with van der Waals surface area (Å²) in [6.45, 7) is 0.480. The van der Waals surface area contributed by atoms with Crippen LogP contribution < -0.4 is 14.8 Å². The van der Waals surface area contributed by atoms with E-state index in [2.05, 4.69) is 15.5 Å². The molecule has 2 aromatic rings. The Balaban J connectivity index is 1.90. The molecule has 0 aliphatic heterocycles. The van der Waals surface area contributed by atoms with Crippen LogP contribution in [0.4, 0.5) is 0 Å². The summed E-state index contributed by atoms with van der Waals surface area (Å²) < 4.78 is 10.4. The fraction of sp³-hybridized carbons (Fsp3) is 0.235. The third-order valence-corrected chi connectivity index (χ3v) is 3.39. The van der Waals surface area contributed by atoms with Crippen LogP contribution in [0.25, 0.3) is 0 Å². The summed E-state index contributed by atoms with van der Waals surface area (Å²) in [5.41, 5.74) is 1.94. The van der Waals surface area contributed by atoms with Gasteiger partial charge in [0.05, 0.1) is 31.7 Å². The van der Waals surface area contributed by atoms with Gasteiger partial charge in [0.1, 0.15) is 0 Å². The lowest BCUT2D eigenvalue weighted by Crippen LogP contribution is -2.25.